The molecule has 160 valence electrons. The molecule has 2 N–H and O–H groups in total. The fourth-order valence-corrected chi connectivity index (χ4v) is 5.85. The van der Waals surface area contributed by atoms with E-state index in [4.69, 9.17) is 4.65 Å². The average Bonchev–Trinajstić information content (AvgIpc) is 2.97. The first-order chi connectivity index (χ1) is 14.8. The van der Waals surface area contributed by atoms with E-state index in [1.54, 1.807) is 13.1 Å². The van der Waals surface area contributed by atoms with E-state index in [1.165, 1.54) is 4.90 Å². The van der Waals surface area contributed by atoms with E-state index < -0.39 is 19.1 Å². The zero-order valence-corrected chi connectivity index (χ0v) is 17.9. The van der Waals surface area contributed by atoms with Gasteiger partial charge < -0.3 is 14.8 Å². The number of phenolic OH excluding ortho intramolecular Hbond substituents is 1. The summed E-state index contributed by atoms with van der Waals surface area (Å²) in [6, 6.07) is 11.0. The van der Waals surface area contributed by atoms with E-state index in [-0.39, 0.29) is 35.3 Å². The van der Waals surface area contributed by atoms with Crippen LogP contribution in [0.15, 0.2) is 47.4 Å². The number of hydrogen-bond acceptors (Lipinski definition) is 5. The molecule has 1 aliphatic carbocycles. The molecule has 2 fully saturated rings. The molecule has 7 heteroatoms. The van der Waals surface area contributed by atoms with Gasteiger partial charge in [0.25, 0.3) is 0 Å². The van der Waals surface area contributed by atoms with Crippen LogP contribution in [0.1, 0.15) is 38.4 Å². The number of allylic oxidation sites excluding steroid dienone is 2. The number of benzene rings is 2. The Morgan fingerprint density at radius 1 is 1.06 bits per heavy atom. The van der Waals surface area contributed by atoms with Crippen LogP contribution in [0, 0.1) is 23.7 Å². The van der Waals surface area contributed by atoms with Gasteiger partial charge in [-0.05, 0) is 47.2 Å². The number of fused-ring (bicyclic) bond motifs is 4. The van der Waals surface area contributed by atoms with Crippen LogP contribution < -0.4 is 0 Å². The lowest BCUT2D eigenvalue weighted by molar-refractivity contribution is -0.138. The van der Waals surface area contributed by atoms with Crippen LogP contribution in [-0.4, -0.2) is 41.0 Å². The standard InChI is InChI=1S/C24H26BNO5/c1-12(2)16-10-18-21(24(29)26(3)23(18)28)17-11-20(31-25(30)22(16)17)15-8-9-19(27)14-7-5-4-6-13(14)15/h4-9,12,17-18,20-21,27,30H,10-11H2,1-3H3/t17-,18-,20-,21+/m0/s1. The molecule has 2 aromatic carbocycles. The number of hydrogen-bond donors (Lipinski definition) is 2. The van der Waals surface area contributed by atoms with E-state index in [0.29, 0.717) is 12.8 Å². The van der Waals surface area contributed by atoms with Gasteiger partial charge >= 0.3 is 7.12 Å². The van der Waals surface area contributed by atoms with Gasteiger partial charge in [-0.25, -0.2) is 0 Å². The molecule has 2 heterocycles. The van der Waals surface area contributed by atoms with E-state index in [2.05, 4.69) is 13.8 Å². The Morgan fingerprint density at radius 3 is 2.48 bits per heavy atom. The van der Waals surface area contributed by atoms with Crippen LogP contribution >= 0.6 is 0 Å². The molecule has 4 atom stereocenters. The van der Waals surface area contributed by atoms with Gasteiger partial charge in [-0.15, -0.1) is 0 Å². The van der Waals surface area contributed by atoms with Crippen LogP contribution in [0.2, 0.25) is 0 Å². The Hall–Kier alpha value is -2.64. The number of carbonyl (C=O) groups excluding carboxylic acids is 2. The van der Waals surface area contributed by atoms with Gasteiger partial charge in [0, 0.05) is 12.4 Å². The number of rotatable bonds is 2. The number of aromatic hydroxyl groups is 1. The fourth-order valence-electron chi connectivity index (χ4n) is 5.85. The predicted molar refractivity (Wildman–Crippen MR) is 117 cm³/mol. The minimum absolute atomic E-state index is 0.125. The van der Waals surface area contributed by atoms with Crippen molar-refractivity contribution in [3.05, 3.63) is 53.0 Å². The van der Waals surface area contributed by atoms with Crippen LogP contribution in [0.5, 0.6) is 5.75 Å². The summed E-state index contributed by atoms with van der Waals surface area (Å²) in [4.78, 5) is 27.1. The highest BCUT2D eigenvalue weighted by molar-refractivity contribution is 6.53. The molecule has 2 saturated heterocycles. The Labute approximate surface area is 181 Å². The number of nitrogens with zero attached hydrogens (tertiary/aromatic N) is 1. The van der Waals surface area contributed by atoms with Gasteiger partial charge in [-0.2, -0.15) is 0 Å². The second-order valence-corrected chi connectivity index (χ2v) is 9.25. The van der Waals surface area contributed by atoms with Crippen molar-refractivity contribution in [2.75, 3.05) is 7.05 Å². The first-order valence-electron chi connectivity index (χ1n) is 10.9. The average molecular weight is 419 g/mol. The quantitative estimate of drug-likeness (QED) is 0.577. The van der Waals surface area contributed by atoms with Crippen LogP contribution in [0.3, 0.4) is 0 Å². The lowest BCUT2D eigenvalue weighted by Crippen LogP contribution is -2.45. The van der Waals surface area contributed by atoms with E-state index in [0.717, 1.165) is 27.4 Å². The van der Waals surface area contributed by atoms with Crippen molar-refractivity contribution in [2.24, 2.45) is 23.7 Å². The largest absolute Gasteiger partial charge is 0.507 e. The molecule has 2 amide bonds. The molecule has 2 aliphatic heterocycles. The summed E-state index contributed by atoms with van der Waals surface area (Å²) in [5.74, 6) is -1.03. The molecule has 0 aromatic heterocycles. The van der Waals surface area contributed by atoms with Crippen molar-refractivity contribution in [1.82, 2.24) is 4.90 Å². The van der Waals surface area contributed by atoms with Crippen molar-refractivity contribution < 1.29 is 24.4 Å². The minimum atomic E-state index is -1.12. The molecule has 31 heavy (non-hydrogen) atoms. The maximum Gasteiger partial charge on any atom is 0.487 e. The van der Waals surface area contributed by atoms with Crippen molar-refractivity contribution >= 4 is 29.7 Å². The van der Waals surface area contributed by atoms with Crippen molar-refractivity contribution in [3.8, 4) is 5.75 Å². The maximum atomic E-state index is 13.0. The molecule has 0 spiro atoms. The van der Waals surface area contributed by atoms with Crippen molar-refractivity contribution in [2.45, 2.75) is 32.8 Å². The number of carbonyl (C=O) groups is 2. The molecule has 0 saturated carbocycles. The number of phenols is 1. The Kier molecular flexibility index (Phi) is 4.72. The van der Waals surface area contributed by atoms with Gasteiger partial charge in [0.15, 0.2) is 0 Å². The third-order valence-electron chi connectivity index (χ3n) is 7.35. The zero-order valence-electron chi connectivity index (χ0n) is 17.9. The van der Waals surface area contributed by atoms with E-state index in [1.807, 2.05) is 30.3 Å². The third-order valence-corrected chi connectivity index (χ3v) is 7.35. The van der Waals surface area contributed by atoms with E-state index >= 15 is 0 Å². The molecule has 6 nitrogen and oxygen atoms in total. The summed E-state index contributed by atoms with van der Waals surface area (Å²) in [6.07, 6.45) is 0.553. The normalized spacial score (nSPS) is 28.5. The van der Waals surface area contributed by atoms with Crippen molar-refractivity contribution in [3.63, 3.8) is 0 Å². The fraction of sp³-hybridized carbons (Fsp3) is 0.417. The molecule has 0 bridgehead atoms. The van der Waals surface area contributed by atoms with Crippen LogP contribution in [0.4, 0.5) is 0 Å². The van der Waals surface area contributed by atoms with Crippen LogP contribution in [0.25, 0.3) is 10.8 Å². The second kappa shape index (κ2) is 7.21. The number of amides is 2. The summed E-state index contributed by atoms with van der Waals surface area (Å²) in [6.45, 7) is 4.11. The summed E-state index contributed by atoms with van der Waals surface area (Å²) in [5.41, 5.74) is 2.68. The molecule has 5 rings (SSSR count). The van der Waals surface area contributed by atoms with Gasteiger partial charge in [-0.1, -0.05) is 49.8 Å². The van der Waals surface area contributed by atoms with Crippen LogP contribution in [-0.2, 0) is 14.2 Å². The molecule has 0 radical (unpaired) electrons. The number of likely N-dealkylation sites (tertiary alicyclic amines) is 1. The van der Waals surface area contributed by atoms with Gasteiger partial charge in [-0.3, -0.25) is 14.5 Å². The highest BCUT2D eigenvalue weighted by Gasteiger charge is 2.57. The summed E-state index contributed by atoms with van der Waals surface area (Å²) in [5, 5.41) is 22.9. The lowest BCUT2D eigenvalue weighted by Gasteiger charge is -2.43. The van der Waals surface area contributed by atoms with Crippen molar-refractivity contribution in [1.29, 1.82) is 0 Å². The topological polar surface area (TPSA) is 87.1 Å². The smallest absolute Gasteiger partial charge is 0.487 e. The summed E-state index contributed by atoms with van der Waals surface area (Å²) < 4.78 is 6.11. The number of imide groups is 1. The highest BCUT2D eigenvalue weighted by Crippen LogP contribution is 2.53. The summed E-state index contributed by atoms with van der Waals surface area (Å²) >= 11 is 0. The van der Waals surface area contributed by atoms with Gasteiger partial charge in [0.1, 0.15) is 5.75 Å². The highest BCUT2D eigenvalue weighted by atomic mass is 16.5. The van der Waals surface area contributed by atoms with Gasteiger partial charge in [0.2, 0.25) is 11.8 Å². The first-order valence-corrected chi connectivity index (χ1v) is 10.9. The maximum absolute atomic E-state index is 13.0. The van der Waals surface area contributed by atoms with Gasteiger partial charge in [0.05, 0.1) is 17.9 Å². The molecule has 3 aliphatic rings. The summed E-state index contributed by atoms with van der Waals surface area (Å²) in [7, 11) is 0.432. The molecule has 0 unspecified atom stereocenters. The molecular weight excluding hydrogens is 393 g/mol. The first kappa shape index (κ1) is 20.3. The second-order valence-electron chi connectivity index (χ2n) is 9.25. The van der Waals surface area contributed by atoms with E-state index in [9.17, 15) is 19.7 Å². The monoisotopic (exact) mass is 419 g/mol. The molecular formula is C24H26BNO5. The minimum Gasteiger partial charge on any atom is -0.507 e. The Morgan fingerprint density at radius 2 is 1.77 bits per heavy atom. The zero-order chi connectivity index (χ0) is 22.0. The third kappa shape index (κ3) is 2.94. The predicted octanol–water partition coefficient (Wildman–Crippen LogP) is 3.23. The lowest BCUT2D eigenvalue weighted by atomic mass is 9.54. The molecule has 2 aromatic rings. The Bertz CT molecular complexity index is 1130. The Balaban J connectivity index is 1.62. The SMILES string of the molecule is CC(C)C1=C2B(O)O[C@H](c3ccc(O)c4ccccc34)C[C@H]2[C@H]2C(=O)N(C)C(=O)[C@H]2C1.